The summed E-state index contributed by atoms with van der Waals surface area (Å²) in [6, 6.07) is 9.00. The van der Waals surface area contributed by atoms with Crippen molar-refractivity contribution in [1.29, 1.82) is 0 Å². The molecule has 1 heterocycles. The smallest absolute Gasteiger partial charge is 0.478 e. The van der Waals surface area contributed by atoms with E-state index in [9.17, 15) is 23.1 Å². The molecule has 0 spiro atoms. The maximum Gasteiger partial charge on any atom is 0.573 e. The van der Waals surface area contributed by atoms with Gasteiger partial charge >= 0.3 is 12.3 Å². The number of carbonyl (C=O) groups is 1. The van der Waals surface area contributed by atoms with Gasteiger partial charge in [0.1, 0.15) is 5.75 Å². The fraction of sp³-hybridized carbons (Fsp3) is 0.409. The molecule has 2 aromatic rings. The molecule has 2 N–H and O–H groups in total. The average Bonchev–Trinajstić information content (AvgIpc) is 3.29. The van der Waals surface area contributed by atoms with Gasteiger partial charge in [-0.25, -0.2) is 4.79 Å². The number of nitrogens with one attached hydrogen (secondary N) is 1. The number of rotatable bonds is 3. The Kier molecular flexibility index (Phi) is 4.43. The second-order valence-electron chi connectivity index (χ2n) is 8.40. The third-order valence-electron chi connectivity index (χ3n) is 6.86. The summed E-state index contributed by atoms with van der Waals surface area (Å²) in [6.45, 7) is 0. The number of hydrogen-bond donors (Lipinski definition) is 2. The minimum atomic E-state index is -4.74. The van der Waals surface area contributed by atoms with Gasteiger partial charge in [-0.2, -0.15) is 0 Å². The molecule has 2 bridgehead atoms. The SMILES string of the molecule is O=C(O)c1cc(Cl)cc2c1N[C@H](c1ccc(OC(F)(F)F)cc1)[C@H]1[C@H]3CC[C@@H](C3)[C@@H]21. The van der Waals surface area contributed by atoms with E-state index in [4.69, 9.17) is 11.6 Å². The van der Waals surface area contributed by atoms with Gasteiger partial charge in [0, 0.05) is 5.02 Å². The lowest BCUT2D eigenvalue weighted by molar-refractivity contribution is -0.274. The predicted molar refractivity (Wildman–Crippen MR) is 105 cm³/mol. The first-order valence-electron chi connectivity index (χ1n) is 9.90. The summed E-state index contributed by atoms with van der Waals surface area (Å²) in [7, 11) is 0. The molecule has 0 unspecified atom stereocenters. The van der Waals surface area contributed by atoms with Crippen molar-refractivity contribution in [2.45, 2.75) is 37.6 Å². The maximum absolute atomic E-state index is 12.5. The van der Waals surface area contributed by atoms with Gasteiger partial charge < -0.3 is 15.2 Å². The van der Waals surface area contributed by atoms with E-state index in [1.54, 1.807) is 12.1 Å². The van der Waals surface area contributed by atoms with Crippen LogP contribution in [0.2, 0.25) is 5.02 Å². The van der Waals surface area contributed by atoms with Crippen LogP contribution in [0.25, 0.3) is 0 Å². The van der Waals surface area contributed by atoms with Crippen LogP contribution in [-0.2, 0) is 0 Å². The Bertz CT molecular complexity index is 1010. The number of carboxylic acids is 1. The lowest BCUT2D eigenvalue weighted by Gasteiger charge is -2.44. The van der Waals surface area contributed by atoms with Gasteiger partial charge in [0.25, 0.3) is 0 Å². The predicted octanol–water partition coefficient (Wildman–Crippen LogP) is 6.23. The Morgan fingerprint density at radius 2 is 1.83 bits per heavy atom. The van der Waals surface area contributed by atoms with Crippen LogP contribution in [0, 0.1) is 17.8 Å². The number of alkyl halides is 3. The van der Waals surface area contributed by atoms with E-state index in [-0.39, 0.29) is 29.2 Å². The lowest BCUT2D eigenvalue weighted by Crippen LogP contribution is -2.36. The number of benzene rings is 2. The second kappa shape index (κ2) is 6.80. The molecule has 5 atom stereocenters. The molecule has 0 amide bonds. The minimum Gasteiger partial charge on any atom is -0.478 e. The summed E-state index contributed by atoms with van der Waals surface area (Å²) < 4.78 is 41.5. The zero-order valence-corrected chi connectivity index (χ0v) is 16.5. The van der Waals surface area contributed by atoms with Crippen LogP contribution in [0.1, 0.15) is 52.7 Å². The Morgan fingerprint density at radius 3 is 2.50 bits per heavy atom. The Labute approximate surface area is 176 Å². The number of ether oxygens (including phenoxy) is 1. The van der Waals surface area contributed by atoms with Gasteiger partial charge in [-0.3, -0.25) is 0 Å². The highest BCUT2D eigenvalue weighted by Gasteiger charge is 2.54. The summed E-state index contributed by atoms with van der Waals surface area (Å²) in [5.41, 5.74) is 2.47. The molecule has 0 aromatic heterocycles. The van der Waals surface area contributed by atoms with Gasteiger partial charge in [0.2, 0.25) is 0 Å². The first kappa shape index (κ1) is 19.5. The highest BCUT2D eigenvalue weighted by Crippen LogP contribution is 2.64. The standard InChI is InChI=1S/C22H19ClF3NO3/c23-13-8-15-17-11-1-2-12(7-11)18(17)19(27-20(15)16(9-13)21(28)29)10-3-5-14(6-4-10)30-22(24,25)26/h3-6,8-9,11-12,17-19,27H,1-2,7H2,(H,28,29)/t11-,12-,17-,18-,19+/m0/s1. The molecular weight excluding hydrogens is 419 g/mol. The number of aromatic carboxylic acids is 1. The van der Waals surface area contributed by atoms with E-state index >= 15 is 0 Å². The summed E-state index contributed by atoms with van der Waals surface area (Å²) >= 11 is 6.25. The van der Waals surface area contributed by atoms with Crippen molar-refractivity contribution in [3.8, 4) is 5.75 Å². The second-order valence-corrected chi connectivity index (χ2v) is 8.83. The highest BCUT2D eigenvalue weighted by atomic mass is 35.5. The fourth-order valence-corrected chi connectivity index (χ4v) is 6.16. The molecule has 158 valence electrons. The summed E-state index contributed by atoms with van der Waals surface area (Å²) in [6.07, 6.45) is -1.45. The molecule has 5 rings (SSSR count). The zero-order chi connectivity index (χ0) is 21.2. The van der Waals surface area contributed by atoms with Crippen molar-refractivity contribution in [3.05, 3.63) is 58.1 Å². The molecule has 2 saturated carbocycles. The van der Waals surface area contributed by atoms with Gasteiger partial charge in [-0.05, 0) is 78.3 Å². The van der Waals surface area contributed by atoms with Crippen molar-refractivity contribution in [3.63, 3.8) is 0 Å². The normalized spacial score (nSPS) is 29.1. The van der Waals surface area contributed by atoms with Gasteiger partial charge in [-0.1, -0.05) is 23.7 Å². The Hall–Kier alpha value is -2.41. The Balaban J connectivity index is 1.57. The molecule has 3 aliphatic rings. The first-order chi connectivity index (χ1) is 14.2. The number of anilines is 1. The van der Waals surface area contributed by atoms with Crippen LogP contribution in [0.3, 0.4) is 0 Å². The summed E-state index contributed by atoms with van der Waals surface area (Å²) in [5, 5.41) is 13.5. The van der Waals surface area contributed by atoms with Gasteiger partial charge in [-0.15, -0.1) is 13.2 Å². The van der Waals surface area contributed by atoms with Crippen molar-refractivity contribution in [2.75, 3.05) is 5.32 Å². The first-order valence-corrected chi connectivity index (χ1v) is 10.3. The molecule has 2 aromatic carbocycles. The average molecular weight is 438 g/mol. The van der Waals surface area contributed by atoms with Crippen LogP contribution in [-0.4, -0.2) is 17.4 Å². The molecule has 0 saturated heterocycles. The molecule has 0 radical (unpaired) electrons. The third kappa shape index (κ3) is 3.20. The monoisotopic (exact) mass is 437 g/mol. The van der Waals surface area contributed by atoms with Crippen molar-refractivity contribution in [2.24, 2.45) is 17.8 Å². The molecule has 8 heteroatoms. The minimum absolute atomic E-state index is 0.126. The van der Waals surface area contributed by atoms with Crippen LogP contribution < -0.4 is 10.1 Å². The van der Waals surface area contributed by atoms with Crippen LogP contribution >= 0.6 is 11.6 Å². The number of fused-ring (bicyclic) bond motifs is 7. The van der Waals surface area contributed by atoms with Crippen molar-refractivity contribution in [1.82, 2.24) is 0 Å². The molecule has 30 heavy (non-hydrogen) atoms. The highest BCUT2D eigenvalue weighted by molar-refractivity contribution is 6.31. The van der Waals surface area contributed by atoms with Crippen molar-refractivity contribution < 1.29 is 27.8 Å². The zero-order valence-electron chi connectivity index (χ0n) is 15.7. The topological polar surface area (TPSA) is 58.6 Å². The van der Waals surface area contributed by atoms with E-state index in [1.165, 1.54) is 18.2 Å². The summed E-state index contributed by atoms with van der Waals surface area (Å²) in [5.74, 6) is 0.0550. The largest absolute Gasteiger partial charge is 0.573 e. The molecule has 2 aliphatic carbocycles. The molecule has 4 nitrogen and oxygen atoms in total. The quantitative estimate of drug-likeness (QED) is 0.597. The summed E-state index contributed by atoms with van der Waals surface area (Å²) in [4.78, 5) is 11.9. The van der Waals surface area contributed by atoms with E-state index in [2.05, 4.69) is 10.1 Å². The van der Waals surface area contributed by atoms with E-state index < -0.39 is 12.3 Å². The molecule has 2 fully saturated rings. The van der Waals surface area contributed by atoms with Crippen molar-refractivity contribution >= 4 is 23.3 Å². The van der Waals surface area contributed by atoms with E-state index in [0.717, 1.165) is 30.4 Å². The maximum atomic E-state index is 12.5. The lowest BCUT2D eigenvalue weighted by atomic mass is 9.67. The molecule has 1 aliphatic heterocycles. The third-order valence-corrected chi connectivity index (χ3v) is 7.08. The van der Waals surface area contributed by atoms with E-state index in [0.29, 0.717) is 22.5 Å². The van der Waals surface area contributed by atoms with Crippen LogP contribution in [0.5, 0.6) is 5.75 Å². The molecular formula is C22H19ClF3NO3. The number of hydrogen-bond acceptors (Lipinski definition) is 3. The van der Waals surface area contributed by atoms with E-state index in [1.807, 2.05) is 6.07 Å². The van der Waals surface area contributed by atoms with Gasteiger partial charge in [0.05, 0.1) is 17.3 Å². The van der Waals surface area contributed by atoms with Gasteiger partial charge in [0.15, 0.2) is 0 Å². The number of halogens is 4. The fourth-order valence-electron chi connectivity index (χ4n) is 5.93. The van der Waals surface area contributed by atoms with Crippen LogP contribution in [0.4, 0.5) is 18.9 Å². The van der Waals surface area contributed by atoms with Crippen LogP contribution in [0.15, 0.2) is 36.4 Å². The number of carboxylic acid groups (broad SMARTS) is 1. The Morgan fingerprint density at radius 1 is 1.13 bits per heavy atom.